The minimum Gasteiger partial charge on any atom is -0.352 e. The monoisotopic (exact) mass is 574 g/mol. The second-order valence-electron chi connectivity index (χ2n) is 8.79. The fourth-order valence-electron chi connectivity index (χ4n) is 3.52. The Labute approximate surface area is 228 Å². The van der Waals surface area contributed by atoms with Crippen LogP contribution in [0.5, 0.6) is 0 Å². The van der Waals surface area contributed by atoms with E-state index in [2.05, 4.69) is 5.32 Å². The molecular formula is C25H33Cl2FN4O4S. The average Bonchev–Trinajstić information content (AvgIpc) is 2.84. The molecule has 37 heavy (non-hydrogen) atoms. The van der Waals surface area contributed by atoms with Gasteiger partial charge in [0, 0.05) is 26.7 Å². The highest BCUT2D eigenvalue weighted by molar-refractivity contribution is 7.90. The van der Waals surface area contributed by atoms with Gasteiger partial charge in [-0.3, -0.25) is 9.59 Å². The molecule has 0 aliphatic rings. The molecule has 0 aliphatic heterocycles. The summed E-state index contributed by atoms with van der Waals surface area (Å²) in [4.78, 5) is 28.3. The highest BCUT2D eigenvalue weighted by atomic mass is 35.5. The molecule has 2 rings (SSSR count). The van der Waals surface area contributed by atoms with Gasteiger partial charge in [0.05, 0.1) is 15.7 Å². The molecular weight excluding hydrogens is 542 g/mol. The van der Waals surface area contributed by atoms with Crippen LogP contribution in [0.3, 0.4) is 0 Å². The maximum absolute atomic E-state index is 13.8. The van der Waals surface area contributed by atoms with Crippen LogP contribution in [0.1, 0.15) is 39.2 Å². The lowest BCUT2D eigenvalue weighted by Crippen LogP contribution is -2.54. The van der Waals surface area contributed by atoms with Gasteiger partial charge in [-0.15, -0.1) is 0 Å². The van der Waals surface area contributed by atoms with E-state index < -0.39 is 34.5 Å². The van der Waals surface area contributed by atoms with Crippen molar-refractivity contribution in [2.75, 3.05) is 24.9 Å². The highest BCUT2D eigenvalue weighted by Crippen LogP contribution is 2.25. The Bertz CT molecular complexity index is 1200. The summed E-state index contributed by atoms with van der Waals surface area (Å²) in [5.41, 5.74) is 0.719. The predicted molar refractivity (Wildman–Crippen MR) is 145 cm³/mol. The molecule has 2 aromatic rings. The first kappa shape index (κ1) is 30.8. The SMILES string of the molecule is CC[C@@H](C)NC(=O)[C@H](CC)N(Cc1ccc(Cl)c(Cl)c1)C(=O)CN(c1ccc(F)cc1)S(=O)(=O)N(C)C. The molecule has 0 fully saturated rings. The number of hydrogen-bond donors (Lipinski definition) is 1. The second-order valence-corrected chi connectivity index (χ2v) is 11.7. The Morgan fingerprint density at radius 1 is 1.00 bits per heavy atom. The Hall–Kier alpha value is -2.40. The van der Waals surface area contributed by atoms with Crippen LogP contribution in [0.2, 0.25) is 10.0 Å². The summed E-state index contributed by atoms with van der Waals surface area (Å²) >= 11 is 12.2. The molecule has 0 heterocycles. The molecule has 0 saturated carbocycles. The van der Waals surface area contributed by atoms with Crippen LogP contribution < -0.4 is 9.62 Å². The fraction of sp³-hybridized carbons (Fsp3) is 0.440. The normalized spacial score (nSPS) is 13.2. The second kappa shape index (κ2) is 13.4. The van der Waals surface area contributed by atoms with Gasteiger partial charge in [0.2, 0.25) is 11.8 Å². The first-order chi connectivity index (χ1) is 17.3. The first-order valence-corrected chi connectivity index (χ1v) is 14.0. The zero-order chi connectivity index (χ0) is 27.9. The third-order valence-electron chi connectivity index (χ3n) is 5.86. The molecule has 0 aromatic heterocycles. The number of carbonyl (C=O) groups excluding carboxylic acids is 2. The lowest BCUT2D eigenvalue weighted by Gasteiger charge is -2.34. The van der Waals surface area contributed by atoms with Crippen LogP contribution >= 0.6 is 23.2 Å². The largest absolute Gasteiger partial charge is 0.352 e. The van der Waals surface area contributed by atoms with Gasteiger partial charge in [0.1, 0.15) is 18.4 Å². The molecule has 12 heteroatoms. The molecule has 2 aromatic carbocycles. The smallest absolute Gasteiger partial charge is 0.304 e. The summed E-state index contributed by atoms with van der Waals surface area (Å²) in [6.45, 7) is 4.93. The third-order valence-corrected chi connectivity index (χ3v) is 8.42. The van der Waals surface area contributed by atoms with Gasteiger partial charge in [-0.1, -0.05) is 43.1 Å². The summed E-state index contributed by atoms with van der Waals surface area (Å²) < 4.78 is 41.7. The predicted octanol–water partition coefficient (Wildman–Crippen LogP) is 4.47. The van der Waals surface area contributed by atoms with Crippen LogP contribution in [0.25, 0.3) is 0 Å². The summed E-state index contributed by atoms with van der Waals surface area (Å²) in [5, 5.41) is 3.52. The molecule has 0 radical (unpaired) electrons. The number of halogens is 3. The molecule has 204 valence electrons. The van der Waals surface area contributed by atoms with E-state index in [9.17, 15) is 22.4 Å². The van der Waals surface area contributed by atoms with Gasteiger partial charge in [-0.2, -0.15) is 12.7 Å². The Morgan fingerprint density at radius 3 is 2.14 bits per heavy atom. The molecule has 8 nitrogen and oxygen atoms in total. The minimum atomic E-state index is -4.14. The maximum Gasteiger partial charge on any atom is 0.304 e. The Balaban J connectivity index is 2.52. The van der Waals surface area contributed by atoms with Crippen LogP contribution in [-0.4, -0.2) is 62.2 Å². The van der Waals surface area contributed by atoms with E-state index in [1.165, 1.54) is 31.1 Å². The van der Waals surface area contributed by atoms with Crippen molar-refractivity contribution < 1.29 is 22.4 Å². The lowest BCUT2D eigenvalue weighted by molar-refractivity contribution is -0.140. The molecule has 0 aliphatic carbocycles. The van der Waals surface area contributed by atoms with Gasteiger partial charge in [-0.05, 0) is 61.7 Å². The fourth-order valence-corrected chi connectivity index (χ4v) is 4.90. The summed E-state index contributed by atoms with van der Waals surface area (Å²) in [6.07, 6.45) is 0.981. The topological polar surface area (TPSA) is 90.0 Å². The highest BCUT2D eigenvalue weighted by Gasteiger charge is 2.34. The standard InChI is InChI=1S/C25H33Cl2FN4O4S/c1-6-17(3)29-25(34)23(7-2)31(15-18-8-13-21(26)22(27)14-18)24(33)16-32(37(35,36)30(4)5)20-11-9-19(28)10-12-20/h8-14,17,23H,6-7,15-16H2,1-5H3,(H,29,34)/t17-,23+/m1/s1. The number of nitrogens with one attached hydrogen (secondary N) is 1. The first-order valence-electron chi connectivity index (χ1n) is 11.8. The summed E-state index contributed by atoms with van der Waals surface area (Å²) in [6, 6.07) is 8.64. The van der Waals surface area contributed by atoms with E-state index >= 15 is 0 Å². The van der Waals surface area contributed by atoms with Crippen molar-refractivity contribution in [1.29, 1.82) is 0 Å². The zero-order valence-electron chi connectivity index (χ0n) is 21.5. The van der Waals surface area contributed by atoms with Gasteiger partial charge >= 0.3 is 10.2 Å². The van der Waals surface area contributed by atoms with E-state index in [0.717, 1.165) is 20.7 Å². The summed E-state index contributed by atoms with van der Waals surface area (Å²) in [7, 11) is -1.47. The number of anilines is 1. The third kappa shape index (κ3) is 8.04. The molecule has 0 unspecified atom stereocenters. The van der Waals surface area contributed by atoms with Crippen molar-refractivity contribution in [3.8, 4) is 0 Å². The number of benzene rings is 2. The maximum atomic E-state index is 13.8. The number of amides is 2. The zero-order valence-corrected chi connectivity index (χ0v) is 23.9. The van der Waals surface area contributed by atoms with E-state index in [1.54, 1.807) is 25.1 Å². The van der Waals surface area contributed by atoms with Crippen molar-refractivity contribution in [1.82, 2.24) is 14.5 Å². The van der Waals surface area contributed by atoms with Crippen molar-refractivity contribution in [2.45, 2.75) is 52.2 Å². The van der Waals surface area contributed by atoms with Gasteiger partial charge in [-0.25, -0.2) is 8.70 Å². The molecule has 0 bridgehead atoms. The van der Waals surface area contributed by atoms with Gasteiger partial charge in [0.25, 0.3) is 0 Å². The van der Waals surface area contributed by atoms with E-state index in [4.69, 9.17) is 23.2 Å². The number of hydrogen-bond acceptors (Lipinski definition) is 4. The van der Waals surface area contributed by atoms with Gasteiger partial charge < -0.3 is 10.2 Å². The Morgan fingerprint density at radius 2 is 1.62 bits per heavy atom. The number of carbonyl (C=O) groups is 2. The Kier molecular flexibility index (Phi) is 11.2. The van der Waals surface area contributed by atoms with Crippen molar-refractivity contribution in [3.05, 3.63) is 63.9 Å². The van der Waals surface area contributed by atoms with Crippen LogP contribution in [0.15, 0.2) is 42.5 Å². The van der Waals surface area contributed by atoms with Gasteiger partial charge in [0.15, 0.2) is 0 Å². The van der Waals surface area contributed by atoms with Crippen molar-refractivity contribution in [2.24, 2.45) is 0 Å². The van der Waals surface area contributed by atoms with Crippen LogP contribution in [0, 0.1) is 5.82 Å². The van der Waals surface area contributed by atoms with Crippen molar-refractivity contribution >= 4 is 50.9 Å². The number of nitrogens with zero attached hydrogens (tertiary/aromatic N) is 3. The lowest BCUT2D eigenvalue weighted by atomic mass is 10.1. The number of rotatable bonds is 12. The molecule has 0 spiro atoms. The van der Waals surface area contributed by atoms with E-state index in [0.29, 0.717) is 17.0 Å². The molecule has 0 saturated heterocycles. The van der Waals surface area contributed by atoms with Crippen LogP contribution in [-0.2, 0) is 26.3 Å². The van der Waals surface area contributed by atoms with E-state index in [-0.39, 0.29) is 35.6 Å². The van der Waals surface area contributed by atoms with Crippen LogP contribution in [0.4, 0.5) is 10.1 Å². The quantitative estimate of drug-likeness (QED) is 0.405. The van der Waals surface area contributed by atoms with Crippen molar-refractivity contribution in [3.63, 3.8) is 0 Å². The minimum absolute atomic E-state index is 0.0125. The average molecular weight is 576 g/mol. The summed E-state index contributed by atoms with van der Waals surface area (Å²) in [5.74, 6) is -1.52. The molecule has 2 atom stereocenters. The molecule has 1 N–H and O–H groups in total. The van der Waals surface area contributed by atoms with E-state index in [1.807, 2.05) is 13.8 Å². The molecule has 2 amide bonds.